The summed E-state index contributed by atoms with van der Waals surface area (Å²) in [5.41, 5.74) is 2.40. The van der Waals surface area contributed by atoms with E-state index in [0.29, 0.717) is 5.92 Å². The Balaban J connectivity index is 1.97. The predicted molar refractivity (Wildman–Crippen MR) is 91.9 cm³/mol. The van der Waals surface area contributed by atoms with Gasteiger partial charge in [-0.25, -0.2) is 0 Å². The molecule has 0 atom stereocenters. The Morgan fingerprint density at radius 1 is 1.10 bits per heavy atom. The number of nitrogens with one attached hydrogen (secondary N) is 1. The zero-order valence-corrected chi connectivity index (χ0v) is 14.4. The molecule has 0 amide bonds. The van der Waals surface area contributed by atoms with Crippen molar-refractivity contribution in [1.29, 1.82) is 0 Å². The van der Waals surface area contributed by atoms with Gasteiger partial charge in [-0.1, -0.05) is 48.0 Å². The summed E-state index contributed by atoms with van der Waals surface area (Å²) in [5.74, 6) is 2.42. The van der Waals surface area contributed by atoms with Crippen molar-refractivity contribution in [2.75, 3.05) is 6.54 Å². The van der Waals surface area contributed by atoms with Crippen molar-refractivity contribution in [3.8, 4) is 11.5 Å². The Kier molecular flexibility index (Phi) is 5.83. The fraction of sp³-hybridized carbons (Fsp3) is 0.333. The van der Waals surface area contributed by atoms with Crippen LogP contribution in [0.15, 0.2) is 46.9 Å². The van der Waals surface area contributed by atoms with Gasteiger partial charge in [-0.3, -0.25) is 0 Å². The predicted octanol–water partition coefficient (Wildman–Crippen LogP) is 5.30. The van der Waals surface area contributed by atoms with E-state index >= 15 is 0 Å². The fourth-order valence-corrected chi connectivity index (χ4v) is 2.33. The second kappa shape index (κ2) is 7.62. The summed E-state index contributed by atoms with van der Waals surface area (Å²) in [6.45, 7) is 8.41. The number of benzene rings is 2. The van der Waals surface area contributed by atoms with Crippen molar-refractivity contribution in [2.24, 2.45) is 5.92 Å². The maximum Gasteiger partial charge on any atom is 0.131 e. The lowest BCUT2D eigenvalue weighted by molar-refractivity contribution is 0.478. The van der Waals surface area contributed by atoms with Crippen molar-refractivity contribution in [1.82, 2.24) is 5.32 Å². The molecule has 0 aromatic heterocycles. The average Bonchev–Trinajstić information content (AvgIpc) is 2.44. The highest BCUT2D eigenvalue weighted by Gasteiger charge is 2.03. The van der Waals surface area contributed by atoms with Gasteiger partial charge in [0.05, 0.1) is 0 Å². The van der Waals surface area contributed by atoms with E-state index in [1.54, 1.807) is 0 Å². The van der Waals surface area contributed by atoms with Crippen molar-refractivity contribution >= 4 is 15.9 Å². The molecular formula is C18H22BrNO. The SMILES string of the molecule is Cc1ccc(Br)cc1Oc1ccc(CNCC(C)C)cc1. The first-order chi connectivity index (χ1) is 10.0. The molecule has 21 heavy (non-hydrogen) atoms. The zero-order chi connectivity index (χ0) is 15.2. The smallest absolute Gasteiger partial charge is 0.131 e. The molecule has 0 radical (unpaired) electrons. The van der Waals surface area contributed by atoms with E-state index in [9.17, 15) is 0 Å². The first-order valence-electron chi connectivity index (χ1n) is 7.28. The monoisotopic (exact) mass is 347 g/mol. The van der Waals surface area contributed by atoms with Gasteiger partial charge in [-0.15, -0.1) is 0 Å². The lowest BCUT2D eigenvalue weighted by atomic mass is 10.2. The van der Waals surface area contributed by atoms with Crippen LogP contribution in [0.4, 0.5) is 0 Å². The van der Waals surface area contributed by atoms with E-state index in [0.717, 1.165) is 34.6 Å². The molecule has 2 aromatic rings. The topological polar surface area (TPSA) is 21.3 Å². The van der Waals surface area contributed by atoms with Crippen molar-refractivity contribution in [3.05, 3.63) is 58.1 Å². The molecule has 0 bridgehead atoms. The van der Waals surface area contributed by atoms with Crippen LogP contribution in [0.1, 0.15) is 25.0 Å². The van der Waals surface area contributed by atoms with E-state index in [2.05, 4.69) is 47.2 Å². The van der Waals surface area contributed by atoms with Crippen molar-refractivity contribution in [3.63, 3.8) is 0 Å². The molecule has 0 saturated carbocycles. The Labute approximate surface area is 135 Å². The van der Waals surface area contributed by atoms with E-state index < -0.39 is 0 Å². The molecule has 2 nitrogen and oxygen atoms in total. The minimum absolute atomic E-state index is 0.673. The van der Waals surface area contributed by atoms with Crippen LogP contribution in [-0.4, -0.2) is 6.54 Å². The Morgan fingerprint density at radius 3 is 2.48 bits per heavy atom. The number of hydrogen-bond acceptors (Lipinski definition) is 2. The Hall–Kier alpha value is -1.32. The molecule has 1 N–H and O–H groups in total. The quantitative estimate of drug-likeness (QED) is 0.765. The van der Waals surface area contributed by atoms with E-state index in [1.807, 2.05) is 37.3 Å². The number of rotatable bonds is 6. The number of ether oxygens (including phenoxy) is 1. The molecule has 0 heterocycles. The largest absolute Gasteiger partial charge is 0.457 e. The van der Waals surface area contributed by atoms with Crippen LogP contribution in [-0.2, 0) is 6.54 Å². The second-order valence-corrected chi connectivity index (χ2v) is 6.60. The van der Waals surface area contributed by atoms with Gasteiger partial charge in [0.2, 0.25) is 0 Å². The normalized spacial score (nSPS) is 10.9. The van der Waals surface area contributed by atoms with E-state index in [-0.39, 0.29) is 0 Å². The third kappa shape index (κ3) is 5.18. The highest BCUT2D eigenvalue weighted by Crippen LogP contribution is 2.28. The van der Waals surface area contributed by atoms with Gasteiger partial charge >= 0.3 is 0 Å². The van der Waals surface area contributed by atoms with Crippen LogP contribution < -0.4 is 10.1 Å². The molecule has 0 aliphatic rings. The van der Waals surface area contributed by atoms with Crippen LogP contribution in [0, 0.1) is 12.8 Å². The fourth-order valence-electron chi connectivity index (χ4n) is 1.99. The average molecular weight is 348 g/mol. The molecule has 0 spiro atoms. The number of hydrogen-bond donors (Lipinski definition) is 1. The molecule has 0 unspecified atom stereocenters. The van der Waals surface area contributed by atoms with Crippen LogP contribution in [0.3, 0.4) is 0 Å². The molecule has 0 fully saturated rings. The van der Waals surface area contributed by atoms with Crippen LogP contribution >= 0.6 is 15.9 Å². The first-order valence-corrected chi connectivity index (χ1v) is 8.07. The minimum Gasteiger partial charge on any atom is -0.457 e. The van der Waals surface area contributed by atoms with Gasteiger partial charge in [0.25, 0.3) is 0 Å². The molecule has 0 aliphatic heterocycles. The van der Waals surface area contributed by atoms with Gasteiger partial charge < -0.3 is 10.1 Å². The lowest BCUT2D eigenvalue weighted by Crippen LogP contribution is -2.18. The Morgan fingerprint density at radius 2 is 1.81 bits per heavy atom. The summed E-state index contributed by atoms with van der Waals surface area (Å²) in [6.07, 6.45) is 0. The van der Waals surface area contributed by atoms with Gasteiger partial charge in [-0.2, -0.15) is 0 Å². The molecular weight excluding hydrogens is 326 g/mol. The number of halogens is 1. The van der Waals surface area contributed by atoms with Gasteiger partial charge in [0.1, 0.15) is 11.5 Å². The Bertz CT molecular complexity index is 578. The lowest BCUT2D eigenvalue weighted by Gasteiger charge is -2.11. The van der Waals surface area contributed by atoms with Gasteiger partial charge in [0, 0.05) is 11.0 Å². The molecule has 3 heteroatoms. The van der Waals surface area contributed by atoms with Gasteiger partial charge in [0.15, 0.2) is 0 Å². The third-order valence-corrected chi connectivity index (χ3v) is 3.68. The minimum atomic E-state index is 0.673. The summed E-state index contributed by atoms with van der Waals surface area (Å²) in [6, 6.07) is 14.3. The number of aryl methyl sites for hydroxylation is 1. The summed E-state index contributed by atoms with van der Waals surface area (Å²) in [5, 5.41) is 3.44. The zero-order valence-electron chi connectivity index (χ0n) is 12.8. The third-order valence-electron chi connectivity index (χ3n) is 3.18. The van der Waals surface area contributed by atoms with Crippen molar-refractivity contribution in [2.45, 2.75) is 27.3 Å². The van der Waals surface area contributed by atoms with Crippen LogP contribution in [0.5, 0.6) is 11.5 Å². The van der Waals surface area contributed by atoms with Gasteiger partial charge in [-0.05, 0) is 54.8 Å². The first kappa shape index (κ1) is 16.1. The summed E-state index contributed by atoms with van der Waals surface area (Å²) in [4.78, 5) is 0. The second-order valence-electron chi connectivity index (χ2n) is 5.68. The van der Waals surface area contributed by atoms with E-state index in [1.165, 1.54) is 5.56 Å². The summed E-state index contributed by atoms with van der Waals surface area (Å²) in [7, 11) is 0. The molecule has 0 aliphatic carbocycles. The standard InChI is InChI=1S/C18H22BrNO/c1-13(2)11-20-12-15-5-8-17(9-6-15)21-18-10-16(19)7-4-14(18)3/h4-10,13,20H,11-12H2,1-3H3. The molecule has 0 saturated heterocycles. The highest BCUT2D eigenvalue weighted by atomic mass is 79.9. The molecule has 112 valence electrons. The molecule has 2 rings (SSSR count). The van der Waals surface area contributed by atoms with Crippen LogP contribution in [0.2, 0.25) is 0 Å². The maximum absolute atomic E-state index is 5.94. The van der Waals surface area contributed by atoms with Crippen LogP contribution in [0.25, 0.3) is 0 Å². The molecule has 2 aromatic carbocycles. The summed E-state index contributed by atoms with van der Waals surface area (Å²) >= 11 is 3.47. The summed E-state index contributed by atoms with van der Waals surface area (Å²) < 4.78 is 6.96. The van der Waals surface area contributed by atoms with Crippen molar-refractivity contribution < 1.29 is 4.74 Å². The maximum atomic E-state index is 5.94. The van der Waals surface area contributed by atoms with E-state index in [4.69, 9.17) is 4.74 Å². The highest BCUT2D eigenvalue weighted by molar-refractivity contribution is 9.10.